The second-order valence-corrected chi connectivity index (χ2v) is 10.3. The number of carbonyl (C=O) groups excluding carboxylic acids is 2. The van der Waals surface area contributed by atoms with Gasteiger partial charge in [0.2, 0.25) is 11.8 Å². The number of halogens is 1. The van der Waals surface area contributed by atoms with E-state index in [9.17, 15) is 9.59 Å². The summed E-state index contributed by atoms with van der Waals surface area (Å²) >= 11 is 7.18. The summed E-state index contributed by atoms with van der Waals surface area (Å²) in [6.07, 6.45) is 0. The molecule has 10 heteroatoms. The van der Waals surface area contributed by atoms with E-state index in [1.54, 1.807) is 18.2 Å². The highest BCUT2D eigenvalue weighted by Crippen LogP contribution is 2.26. The number of rotatable bonds is 7. The highest BCUT2D eigenvalue weighted by Gasteiger charge is 2.22. The van der Waals surface area contributed by atoms with Gasteiger partial charge in [-0.15, -0.1) is 10.2 Å². The number of amides is 2. The third kappa shape index (κ3) is 6.35. The van der Waals surface area contributed by atoms with E-state index >= 15 is 0 Å². The van der Waals surface area contributed by atoms with Gasteiger partial charge in [0.15, 0.2) is 0 Å². The molecule has 0 bridgehead atoms. The van der Waals surface area contributed by atoms with Crippen LogP contribution in [0.25, 0.3) is 11.5 Å². The van der Waals surface area contributed by atoms with E-state index < -0.39 is 0 Å². The van der Waals surface area contributed by atoms with E-state index in [1.165, 1.54) is 11.8 Å². The van der Waals surface area contributed by atoms with Gasteiger partial charge in [-0.25, -0.2) is 0 Å². The monoisotopic (exact) mass is 547 g/mol. The molecule has 0 saturated carbocycles. The van der Waals surface area contributed by atoms with Gasteiger partial charge in [0.25, 0.3) is 11.1 Å². The molecule has 0 atom stereocenters. The molecule has 2 amide bonds. The number of aryl methyl sites for hydroxylation is 1. The first-order valence-corrected chi connectivity index (χ1v) is 13.5. The Labute approximate surface area is 230 Å². The minimum absolute atomic E-state index is 0.0711. The molecule has 5 rings (SSSR count). The minimum Gasteiger partial charge on any atom is -0.411 e. The van der Waals surface area contributed by atoms with Crippen molar-refractivity contribution in [2.45, 2.75) is 12.1 Å². The Hall–Kier alpha value is -3.82. The summed E-state index contributed by atoms with van der Waals surface area (Å²) in [5, 5.41) is 11.8. The van der Waals surface area contributed by atoms with Crippen LogP contribution in [0.2, 0.25) is 5.02 Å². The fourth-order valence-electron chi connectivity index (χ4n) is 4.13. The standard InChI is InChI=1S/C28H26ClN5O3S/c1-19-5-7-20(8-6-19)27(36)34-15-13-33(14-16-34)24-11-9-23(10-12-24)30-25(35)18-38-28-32-31-26(37-28)21-3-2-4-22(29)17-21/h2-12,17H,13-16,18H2,1H3,(H,30,35). The fraction of sp³-hybridized carbons (Fsp3) is 0.214. The van der Waals surface area contributed by atoms with E-state index in [0.717, 1.165) is 35.5 Å². The maximum Gasteiger partial charge on any atom is 0.277 e. The first-order chi connectivity index (χ1) is 18.4. The maximum absolute atomic E-state index is 12.8. The van der Waals surface area contributed by atoms with Crippen molar-refractivity contribution in [1.82, 2.24) is 15.1 Å². The Morgan fingerprint density at radius 1 is 0.974 bits per heavy atom. The molecular weight excluding hydrogens is 522 g/mol. The average Bonchev–Trinajstić information content (AvgIpc) is 3.42. The van der Waals surface area contributed by atoms with Crippen molar-refractivity contribution in [1.29, 1.82) is 0 Å². The van der Waals surface area contributed by atoms with Gasteiger partial charge >= 0.3 is 0 Å². The summed E-state index contributed by atoms with van der Waals surface area (Å²) < 4.78 is 5.63. The molecule has 194 valence electrons. The van der Waals surface area contributed by atoms with Crippen molar-refractivity contribution >= 4 is 46.6 Å². The normalized spacial score (nSPS) is 13.4. The van der Waals surface area contributed by atoms with Crippen molar-refractivity contribution in [2.24, 2.45) is 0 Å². The zero-order valence-electron chi connectivity index (χ0n) is 20.8. The van der Waals surface area contributed by atoms with Crippen LogP contribution in [-0.4, -0.2) is 58.8 Å². The van der Waals surface area contributed by atoms with Gasteiger partial charge in [0.1, 0.15) is 0 Å². The number of nitrogens with one attached hydrogen (secondary N) is 1. The number of hydrogen-bond acceptors (Lipinski definition) is 7. The highest BCUT2D eigenvalue weighted by atomic mass is 35.5. The molecule has 38 heavy (non-hydrogen) atoms. The van der Waals surface area contributed by atoms with Crippen LogP contribution >= 0.6 is 23.4 Å². The number of anilines is 2. The third-order valence-corrected chi connectivity index (χ3v) is 7.24. The summed E-state index contributed by atoms with van der Waals surface area (Å²) in [7, 11) is 0. The van der Waals surface area contributed by atoms with E-state index in [-0.39, 0.29) is 17.6 Å². The topological polar surface area (TPSA) is 91.6 Å². The average molecular weight is 548 g/mol. The first kappa shape index (κ1) is 25.8. The van der Waals surface area contributed by atoms with E-state index in [4.69, 9.17) is 16.0 Å². The molecule has 1 saturated heterocycles. The molecule has 0 unspecified atom stereocenters. The van der Waals surface area contributed by atoms with Gasteiger partial charge in [-0.3, -0.25) is 9.59 Å². The SMILES string of the molecule is Cc1ccc(C(=O)N2CCN(c3ccc(NC(=O)CSc4nnc(-c5cccc(Cl)c5)o4)cc3)CC2)cc1. The maximum atomic E-state index is 12.8. The van der Waals surface area contributed by atoms with Gasteiger partial charge in [-0.2, -0.15) is 0 Å². The number of carbonyl (C=O) groups is 2. The lowest BCUT2D eigenvalue weighted by atomic mass is 10.1. The number of benzene rings is 3. The lowest BCUT2D eigenvalue weighted by Gasteiger charge is -2.36. The molecular formula is C28H26ClN5O3S. The Morgan fingerprint density at radius 3 is 2.42 bits per heavy atom. The summed E-state index contributed by atoms with van der Waals surface area (Å²) in [4.78, 5) is 29.4. The summed E-state index contributed by atoms with van der Waals surface area (Å²) in [5.74, 6) is 0.386. The van der Waals surface area contributed by atoms with Crippen molar-refractivity contribution in [3.8, 4) is 11.5 Å². The molecule has 1 aliphatic rings. The van der Waals surface area contributed by atoms with Crippen LogP contribution in [0, 0.1) is 6.92 Å². The van der Waals surface area contributed by atoms with Crippen LogP contribution in [0.5, 0.6) is 0 Å². The van der Waals surface area contributed by atoms with Crippen LogP contribution in [0.15, 0.2) is 82.4 Å². The van der Waals surface area contributed by atoms with Crippen LogP contribution in [0.1, 0.15) is 15.9 Å². The summed E-state index contributed by atoms with van der Waals surface area (Å²) in [6, 6.07) is 22.6. The molecule has 1 fully saturated rings. The molecule has 8 nitrogen and oxygen atoms in total. The zero-order chi connectivity index (χ0) is 26.5. The zero-order valence-corrected chi connectivity index (χ0v) is 22.3. The smallest absolute Gasteiger partial charge is 0.277 e. The Balaban J connectivity index is 1.09. The first-order valence-electron chi connectivity index (χ1n) is 12.2. The Morgan fingerprint density at radius 2 is 1.71 bits per heavy atom. The largest absolute Gasteiger partial charge is 0.411 e. The molecule has 3 aromatic carbocycles. The molecule has 0 aliphatic carbocycles. The quantitative estimate of drug-likeness (QED) is 0.310. The number of piperazine rings is 1. The Bertz CT molecular complexity index is 1420. The summed E-state index contributed by atoms with van der Waals surface area (Å²) in [5.41, 5.74) is 4.35. The molecule has 1 aromatic heterocycles. The Kier molecular flexibility index (Phi) is 7.95. The van der Waals surface area contributed by atoms with Crippen LogP contribution in [0.3, 0.4) is 0 Å². The lowest BCUT2D eigenvalue weighted by Crippen LogP contribution is -2.48. The van der Waals surface area contributed by atoms with Gasteiger partial charge in [-0.05, 0) is 61.5 Å². The second-order valence-electron chi connectivity index (χ2n) is 8.91. The number of thioether (sulfide) groups is 1. The molecule has 1 N–H and O–H groups in total. The minimum atomic E-state index is -0.173. The number of hydrogen-bond donors (Lipinski definition) is 1. The number of aromatic nitrogens is 2. The van der Waals surface area contributed by atoms with Crippen molar-refractivity contribution in [3.05, 3.63) is 88.9 Å². The van der Waals surface area contributed by atoms with Gasteiger partial charge in [-0.1, -0.05) is 47.1 Å². The molecule has 4 aromatic rings. The van der Waals surface area contributed by atoms with Crippen molar-refractivity contribution in [3.63, 3.8) is 0 Å². The van der Waals surface area contributed by atoms with Gasteiger partial charge in [0.05, 0.1) is 5.75 Å². The molecule has 0 radical (unpaired) electrons. The van der Waals surface area contributed by atoms with E-state index in [0.29, 0.717) is 34.9 Å². The van der Waals surface area contributed by atoms with Crippen LogP contribution in [0.4, 0.5) is 11.4 Å². The van der Waals surface area contributed by atoms with Gasteiger partial charge in [0, 0.05) is 53.7 Å². The lowest BCUT2D eigenvalue weighted by molar-refractivity contribution is -0.113. The molecule has 0 spiro atoms. The van der Waals surface area contributed by atoms with Crippen molar-refractivity contribution in [2.75, 3.05) is 42.1 Å². The highest BCUT2D eigenvalue weighted by molar-refractivity contribution is 7.99. The fourth-order valence-corrected chi connectivity index (χ4v) is 4.89. The van der Waals surface area contributed by atoms with Crippen molar-refractivity contribution < 1.29 is 14.0 Å². The second kappa shape index (κ2) is 11.7. The number of nitrogens with zero attached hydrogens (tertiary/aromatic N) is 4. The third-order valence-electron chi connectivity index (χ3n) is 6.19. The van der Waals surface area contributed by atoms with Gasteiger partial charge < -0.3 is 19.5 Å². The predicted molar refractivity (Wildman–Crippen MR) is 150 cm³/mol. The molecule has 2 heterocycles. The van der Waals surface area contributed by atoms with Crippen LogP contribution < -0.4 is 10.2 Å². The van der Waals surface area contributed by atoms with Crippen LogP contribution in [-0.2, 0) is 4.79 Å². The summed E-state index contributed by atoms with van der Waals surface area (Å²) in [6.45, 7) is 4.84. The predicted octanol–water partition coefficient (Wildman–Crippen LogP) is 5.39. The van der Waals surface area contributed by atoms with E-state index in [2.05, 4.69) is 20.4 Å². The van der Waals surface area contributed by atoms with E-state index in [1.807, 2.05) is 66.4 Å². The molecule has 1 aliphatic heterocycles.